The lowest BCUT2D eigenvalue weighted by Gasteiger charge is -2.52. The molecule has 0 amide bonds. The van der Waals surface area contributed by atoms with Gasteiger partial charge in [-0.15, -0.1) is 0 Å². The van der Waals surface area contributed by atoms with E-state index < -0.39 is 283 Å². The maximum absolute atomic E-state index is 13.3. The van der Waals surface area contributed by atoms with Gasteiger partial charge in [0.15, 0.2) is 43.5 Å². The molecule has 5 fully saturated rings. The summed E-state index contributed by atoms with van der Waals surface area (Å²) in [4.78, 5) is 25.9. The van der Waals surface area contributed by atoms with Gasteiger partial charge in [-0.05, 0) is 0 Å². The molecule has 64 heteroatoms. The molecule has 0 spiro atoms. The molecule has 5 saturated heterocycles. The average molecular weight is 1590 g/mol. The molecule has 25 atom stereocenters. The van der Waals surface area contributed by atoms with E-state index in [0.717, 1.165) is 4.72 Å². The second-order valence-corrected chi connectivity index (χ2v) is 29.6. The van der Waals surface area contributed by atoms with Crippen LogP contribution in [0.1, 0.15) is 0 Å². The third kappa shape index (κ3) is 23.9. The Morgan fingerprint density at radius 1 is 0.400 bits per heavy atom. The van der Waals surface area contributed by atoms with Gasteiger partial charge in [-0.1, -0.05) is 0 Å². The van der Waals surface area contributed by atoms with Gasteiger partial charge in [-0.3, -0.25) is 41.0 Å². The molecule has 5 heterocycles. The average Bonchev–Trinajstić information content (AvgIpc) is 0.762. The molecular weight excluding hydrogens is 1530 g/mol. The number of aliphatic hydroxyl groups is 5. The van der Waals surface area contributed by atoms with Gasteiger partial charge in [0, 0.05) is 13.3 Å². The number of rotatable bonds is 31. The highest BCUT2D eigenvalue weighted by Gasteiger charge is 2.62. The number of ether oxygens (including phenoxy) is 9. The van der Waals surface area contributed by atoms with Crippen LogP contribution in [0.3, 0.4) is 0 Å². The van der Waals surface area contributed by atoms with Crippen LogP contribution in [0.25, 0.3) is 0 Å². The molecular formula is C31H52N3O52S9-. The van der Waals surface area contributed by atoms with E-state index >= 15 is 0 Å². The molecule has 0 saturated carbocycles. The van der Waals surface area contributed by atoms with Crippen LogP contribution >= 0.6 is 0 Å². The molecule has 0 bridgehead atoms. The Morgan fingerprint density at radius 2 is 0.758 bits per heavy atom. The van der Waals surface area contributed by atoms with E-state index in [4.69, 9.17) is 47.2 Å². The first-order chi connectivity index (χ1) is 42.7. The van der Waals surface area contributed by atoms with Crippen LogP contribution in [0.4, 0.5) is 0 Å². The molecule has 0 aromatic carbocycles. The highest BCUT2D eigenvalue weighted by Crippen LogP contribution is 2.39. The lowest BCUT2D eigenvalue weighted by molar-refractivity contribution is -0.525. The number of nitrogens with one attached hydrogen (secondary N) is 2. The van der Waals surface area contributed by atoms with Crippen molar-refractivity contribution in [3.05, 3.63) is 0 Å². The van der Waals surface area contributed by atoms with E-state index in [0.29, 0.717) is 0 Å². The fraction of sp³-hybridized carbons (Fsp3) is 0.935. The van der Waals surface area contributed by atoms with Gasteiger partial charge in [0.2, 0.25) is 0 Å². The molecule has 0 radical (unpaired) electrons. The minimum absolute atomic E-state index is 0.239. The van der Waals surface area contributed by atoms with Crippen LogP contribution < -0.4 is 14.6 Å². The van der Waals surface area contributed by atoms with Crippen LogP contribution in [-0.2, 0) is 171 Å². The Bertz CT molecular complexity index is 3790. The zero-order valence-corrected chi connectivity index (χ0v) is 52.9. The van der Waals surface area contributed by atoms with Gasteiger partial charge < -0.3 is 83.5 Å². The number of carboxylic acids is 2. The summed E-state index contributed by atoms with van der Waals surface area (Å²) in [5.74, 6) is -5.08. The maximum Gasteiger partial charge on any atom is 0.397 e. The van der Waals surface area contributed by atoms with Crippen LogP contribution in [-0.4, -0.2) is 349 Å². The Morgan fingerprint density at radius 3 is 1.19 bits per heavy atom. The molecule has 558 valence electrons. The summed E-state index contributed by atoms with van der Waals surface area (Å²) in [6.07, 6.45) is -67.7. The fourth-order valence-electron chi connectivity index (χ4n) is 9.24. The molecule has 0 aromatic heterocycles. The summed E-state index contributed by atoms with van der Waals surface area (Å²) in [5.41, 5.74) is 0. The SMILES string of the molecule is CN([C@@H]1[C@@H](OS(=O)(=O)O)[C@H](O[C@@H]2O[C@@H](C(=O)O)[C@@H](O[C@H]3O[C@H](COS(=O)(=O)O)[C@@H](O[C@@H]4O[C@H](C(=O)O)[C@@H](O[C@H]5O[C@H](COS(=O)(=O)O)[C@@H](O)[C@H](O)[C@H]5NS(=O)(=O)O)[C@H](O)[C@H]4O)[C@H](OS(=O)(=O)O)[C@H]3NS(=O)(=O)O)[C@H](O)[C@H]2OS(=O)(=O)O)[C@@H](COS(=O)(=O)O)O[C@@H]1[O-])S(=O)(=O)O. The number of nitrogens with zero attached hydrogens (tertiary/aromatic N) is 1. The van der Waals surface area contributed by atoms with Crippen molar-refractivity contribution >= 4 is 105 Å². The zero-order chi connectivity index (χ0) is 72.8. The summed E-state index contributed by atoms with van der Waals surface area (Å²) in [6.45, 7) is -5.47. The number of aliphatic carboxylic acids is 2. The van der Waals surface area contributed by atoms with Gasteiger partial charge in [-0.2, -0.15) is 89.5 Å². The Balaban J connectivity index is 1.64. The third-order valence-corrected chi connectivity index (χ3v) is 17.7. The van der Waals surface area contributed by atoms with Crippen molar-refractivity contribution in [1.29, 1.82) is 0 Å². The molecule has 5 rings (SSSR count). The normalized spacial score (nSPS) is 37.8. The van der Waals surface area contributed by atoms with Crippen LogP contribution in [0, 0.1) is 0 Å². The number of hydrogen-bond acceptors (Lipinski definition) is 41. The molecule has 0 unspecified atom stereocenters. The predicted octanol–water partition coefficient (Wildman–Crippen LogP) is -14.9. The Kier molecular flexibility index (Phi) is 26.8. The predicted molar refractivity (Wildman–Crippen MR) is 270 cm³/mol. The van der Waals surface area contributed by atoms with Crippen molar-refractivity contribution in [1.82, 2.24) is 13.7 Å². The van der Waals surface area contributed by atoms with Crippen molar-refractivity contribution in [3.63, 3.8) is 0 Å². The van der Waals surface area contributed by atoms with Crippen molar-refractivity contribution in [2.24, 2.45) is 0 Å². The summed E-state index contributed by atoms with van der Waals surface area (Å²) in [5, 5.41) is 89.9. The molecule has 0 aromatic rings. The standard InChI is InChI=1S/C31H52N3O52S9/c1-34(89(51,52)53)10-19(85-94(66,67)68)17(6(75-27(10)44)3-73-91(57,58)59)79-31-22(86-95(69,70)71)15(39)21(24(83-31)26(42)43)81-29-9(33-88(48,49)50)18(84-93(63,64)65)16(7(77-29)4-74-92(60,61)62)78-30-14(38)13(37)20(23(82-30)25(40)41)80-28-8(32-87(45,46)47)12(36)11(35)5(76-28)2-72-90(54,55)56/h5-24,27-33,35-39H,2-4H2,1H3,(H,40,41)(H,42,43)(H,45,46,47)(H,48,49,50)(H,51,52,53)(H,54,55,56)(H,57,58,59)(H,60,61,62)(H,63,64,65)(H,66,67,68)(H,69,70,71)/q-1/t5-,6-,7-,8-,9-,10-,11-,12-,13-,14-,15+,16-,17-,18-,19-,20+,21+,22-,23+,24-,27+,28-,29-,30-,31-/m1/s1. The quantitative estimate of drug-likeness (QED) is 0.0287. The van der Waals surface area contributed by atoms with E-state index in [-0.39, 0.29) is 7.05 Å². The first-order valence-corrected chi connectivity index (χ1v) is 36.7. The van der Waals surface area contributed by atoms with Gasteiger partial charge in [0.1, 0.15) is 97.5 Å². The van der Waals surface area contributed by atoms with Gasteiger partial charge in [0.05, 0.1) is 25.9 Å². The van der Waals surface area contributed by atoms with Gasteiger partial charge in [-0.25, -0.2) is 34.7 Å². The number of carbonyl (C=O) groups is 2. The number of likely N-dealkylation sites (N-methyl/N-ethyl adjacent to an activating group) is 1. The summed E-state index contributed by atoms with van der Waals surface area (Å²) in [7, 11) is -53.6. The molecule has 55 nitrogen and oxygen atoms in total. The maximum atomic E-state index is 13.3. The lowest BCUT2D eigenvalue weighted by atomic mass is 9.94. The number of hydrogen-bond donors (Lipinski definition) is 18. The van der Waals surface area contributed by atoms with Crippen LogP contribution in [0.2, 0.25) is 0 Å². The van der Waals surface area contributed by atoms with Crippen LogP contribution in [0.5, 0.6) is 0 Å². The minimum atomic E-state index is -6.42. The second kappa shape index (κ2) is 30.8. The van der Waals surface area contributed by atoms with Crippen molar-refractivity contribution in [3.8, 4) is 0 Å². The van der Waals surface area contributed by atoms with E-state index in [1.54, 1.807) is 0 Å². The van der Waals surface area contributed by atoms with E-state index in [9.17, 15) is 163 Å². The Hall–Kier alpha value is -2.83. The fourth-order valence-corrected chi connectivity index (χ4v) is 13.4. The molecule has 5 aliphatic rings. The lowest BCUT2D eigenvalue weighted by Crippen LogP contribution is -2.72. The van der Waals surface area contributed by atoms with Crippen molar-refractivity contribution in [2.45, 2.75) is 153 Å². The first kappa shape index (κ1) is 82.8. The summed E-state index contributed by atoms with van der Waals surface area (Å²) < 4.78 is 379. The smallest absolute Gasteiger partial charge is 0.397 e. The summed E-state index contributed by atoms with van der Waals surface area (Å²) in [6, 6.07) is -8.92. The van der Waals surface area contributed by atoms with Crippen LogP contribution in [0.15, 0.2) is 0 Å². The second-order valence-electron chi connectivity index (χ2n) is 19.3. The first-order valence-electron chi connectivity index (χ1n) is 24.2. The monoisotopic (exact) mass is 1590 g/mol. The highest BCUT2D eigenvalue weighted by molar-refractivity contribution is 7.84. The van der Waals surface area contributed by atoms with E-state index in [1.807, 2.05) is 0 Å². The number of aliphatic hydroxyl groups excluding tert-OH is 5. The zero-order valence-electron chi connectivity index (χ0n) is 45.5. The van der Waals surface area contributed by atoms with E-state index in [1.165, 1.54) is 4.72 Å². The molecule has 18 N–H and O–H groups in total. The largest absolute Gasteiger partial charge is 0.830 e. The number of carboxylic acid groups (broad SMARTS) is 2. The molecule has 95 heavy (non-hydrogen) atoms. The summed E-state index contributed by atoms with van der Waals surface area (Å²) >= 11 is 0. The Labute approximate surface area is 531 Å². The van der Waals surface area contributed by atoms with Gasteiger partial charge in [0.25, 0.3) is 0 Å². The third-order valence-electron chi connectivity index (χ3n) is 12.9. The van der Waals surface area contributed by atoms with Gasteiger partial charge >= 0.3 is 105 Å². The van der Waals surface area contributed by atoms with Crippen molar-refractivity contribution in [2.75, 3.05) is 26.9 Å². The highest BCUT2D eigenvalue weighted by atomic mass is 32.3. The molecule has 5 aliphatic heterocycles. The van der Waals surface area contributed by atoms with Crippen molar-refractivity contribution < 1.29 is 235 Å². The minimum Gasteiger partial charge on any atom is -0.830 e. The topological polar surface area (TPSA) is 854 Å². The van der Waals surface area contributed by atoms with E-state index in [2.05, 4.69) is 25.1 Å². The molecule has 0 aliphatic carbocycles.